The number of hydrogen-bond donors (Lipinski definition) is 2. The molecule has 0 bridgehead atoms. The molecule has 1 aliphatic heterocycles. The third-order valence-electron chi connectivity index (χ3n) is 4.34. The molecule has 0 radical (unpaired) electrons. The van der Waals surface area contributed by atoms with Crippen molar-refractivity contribution in [3.05, 3.63) is 29.8 Å². The predicted octanol–water partition coefficient (Wildman–Crippen LogP) is 0.879. The van der Waals surface area contributed by atoms with Crippen LogP contribution in [0.3, 0.4) is 0 Å². The summed E-state index contributed by atoms with van der Waals surface area (Å²) in [4.78, 5) is 16.1. The van der Waals surface area contributed by atoms with Gasteiger partial charge in [0.05, 0.1) is 6.54 Å². The van der Waals surface area contributed by atoms with Gasteiger partial charge in [0.1, 0.15) is 18.5 Å². The summed E-state index contributed by atoms with van der Waals surface area (Å²) < 4.78 is 5.64. The van der Waals surface area contributed by atoms with E-state index in [4.69, 9.17) is 4.74 Å². The smallest absolute Gasteiger partial charge is 0.234 e. The van der Waals surface area contributed by atoms with Crippen LogP contribution in [0, 0.1) is 6.92 Å². The molecule has 0 spiro atoms. The number of nitrogens with one attached hydrogen (secondary N) is 1. The van der Waals surface area contributed by atoms with Gasteiger partial charge in [0, 0.05) is 39.3 Å². The Bertz CT molecular complexity index is 513. The van der Waals surface area contributed by atoms with Crippen molar-refractivity contribution >= 4 is 5.91 Å². The van der Waals surface area contributed by atoms with Gasteiger partial charge in [-0.2, -0.15) is 0 Å². The van der Waals surface area contributed by atoms with E-state index in [9.17, 15) is 9.90 Å². The van der Waals surface area contributed by atoms with Crippen molar-refractivity contribution < 1.29 is 14.6 Å². The zero-order valence-electron chi connectivity index (χ0n) is 15.4. The molecule has 1 aliphatic rings. The first kappa shape index (κ1) is 19.7. The Labute approximate surface area is 150 Å². The number of ether oxygens (including phenoxy) is 1. The zero-order chi connectivity index (χ0) is 18.1. The van der Waals surface area contributed by atoms with Crippen molar-refractivity contribution in [3.8, 4) is 5.75 Å². The Balaban J connectivity index is 1.62. The van der Waals surface area contributed by atoms with Crippen LogP contribution in [0.5, 0.6) is 5.75 Å². The van der Waals surface area contributed by atoms with Gasteiger partial charge in [0.2, 0.25) is 5.91 Å². The average molecular weight is 349 g/mol. The van der Waals surface area contributed by atoms with Gasteiger partial charge in [0.25, 0.3) is 0 Å². The van der Waals surface area contributed by atoms with Crippen molar-refractivity contribution in [3.63, 3.8) is 0 Å². The molecular weight excluding hydrogens is 318 g/mol. The number of nitrogens with zero attached hydrogens (tertiary/aromatic N) is 2. The summed E-state index contributed by atoms with van der Waals surface area (Å²) in [5.74, 6) is 0.884. The summed E-state index contributed by atoms with van der Waals surface area (Å²) in [6, 6.07) is 7.84. The number of aliphatic hydroxyl groups excluding tert-OH is 1. The van der Waals surface area contributed by atoms with Crippen LogP contribution in [0.15, 0.2) is 24.3 Å². The molecule has 0 aliphatic carbocycles. The number of amides is 1. The van der Waals surface area contributed by atoms with E-state index in [-0.39, 0.29) is 5.91 Å². The number of β-amino-alcohol motifs (C(OH)–C–C–N with tert-alkyl or cyclic N) is 1. The minimum absolute atomic E-state index is 0.0989. The molecule has 1 atom stereocenters. The van der Waals surface area contributed by atoms with Gasteiger partial charge >= 0.3 is 0 Å². The van der Waals surface area contributed by atoms with Crippen molar-refractivity contribution in [1.29, 1.82) is 0 Å². The summed E-state index contributed by atoms with van der Waals surface area (Å²) in [6.45, 7) is 9.61. The molecular formula is C19H31N3O3. The lowest BCUT2D eigenvalue weighted by Crippen LogP contribution is -2.51. The minimum atomic E-state index is -0.513. The quantitative estimate of drug-likeness (QED) is 0.693. The molecule has 1 aromatic carbocycles. The Kier molecular flexibility index (Phi) is 8.18. The van der Waals surface area contributed by atoms with E-state index >= 15 is 0 Å². The van der Waals surface area contributed by atoms with Crippen LogP contribution in [-0.4, -0.2) is 79.3 Å². The summed E-state index contributed by atoms with van der Waals surface area (Å²) in [7, 11) is 0. The number of carbonyl (C=O) groups excluding carboxylic acids is 1. The largest absolute Gasteiger partial charge is 0.491 e. The Morgan fingerprint density at radius 1 is 1.20 bits per heavy atom. The lowest BCUT2D eigenvalue weighted by Gasteiger charge is -2.35. The fraction of sp³-hybridized carbons (Fsp3) is 0.632. The summed E-state index contributed by atoms with van der Waals surface area (Å²) in [6.07, 6.45) is 0.447. The van der Waals surface area contributed by atoms with Crippen LogP contribution in [0.4, 0.5) is 0 Å². The number of carbonyl (C=O) groups is 1. The molecule has 1 heterocycles. The van der Waals surface area contributed by atoms with Crippen molar-refractivity contribution in [2.24, 2.45) is 0 Å². The number of aryl methyl sites for hydroxylation is 1. The molecule has 1 saturated heterocycles. The minimum Gasteiger partial charge on any atom is -0.491 e. The molecule has 6 heteroatoms. The van der Waals surface area contributed by atoms with Crippen molar-refractivity contribution in [1.82, 2.24) is 15.1 Å². The van der Waals surface area contributed by atoms with E-state index in [0.717, 1.165) is 44.9 Å². The fourth-order valence-corrected chi connectivity index (χ4v) is 2.83. The van der Waals surface area contributed by atoms with Gasteiger partial charge in [-0.15, -0.1) is 0 Å². The molecule has 1 amide bonds. The lowest BCUT2D eigenvalue weighted by molar-refractivity contribution is -0.122. The average Bonchev–Trinajstić information content (AvgIpc) is 2.61. The van der Waals surface area contributed by atoms with Crippen LogP contribution < -0.4 is 10.1 Å². The first-order chi connectivity index (χ1) is 12.1. The molecule has 0 saturated carbocycles. The third-order valence-corrected chi connectivity index (χ3v) is 4.34. The molecule has 0 aromatic heterocycles. The van der Waals surface area contributed by atoms with Gasteiger partial charge in [0.15, 0.2) is 0 Å². The highest BCUT2D eigenvalue weighted by molar-refractivity contribution is 5.77. The SMILES string of the molecule is CCCNC(=O)CN1CCN(CC(O)COc2ccc(C)cc2)CC1. The standard InChI is InChI=1S/C19H31N3O3/c1-3-8-20-19(24)14-22-11-9-21(10-12-22)13-17(23)15-25-18-6-4-16(2)5-7-18/h4-7,17,23H,3,8-15H2,1-2H3,(H,20,24). The van der Waals surface area contributed by atoms with E-state index in [1.165, 1.54) is 5.56 Å². The van der Waals surface area contributed by atoms with Crippen LogP contribution >= 0.6 is 0 Å². The maximum atomic E-state index is 11.7. The predicted molar refractivity (Wildman–Crippen MR) is 98.9 cm³/mol. The molecule has 1 aromatic rings. The van der Waals surface area contributed by atoms with Crippen LogP contribution in [0.25, 0.3) is 0 Å². The highest BCUT2D eigenvalue weighted by Crippen LogP contribution is 2.12. The summed E-state index contributed by atoms with van der Waals surface area (Å²) in [5, 5.41) is 13.1. The number of benzene rings is 1. The Hall–Kier alpha value is -1.63. The molecule has 1 fully saturated rings. The van der Waals surface area contributed by atoms with Crippen molar-refractivity contribution in [2.45, 2.75) is 26.4 Å². The molecule has 2 N–H and O–H groups in total. The summed E-state index contributed by atoms with van der Waals surface area (Å²) >= 11 is 0. The fourth-order valence-electron chi connectivity index (χ4n) is 2.83. The second-order valence-corrected chi connectivity index (χ2v) is 6.70. The third kappa shape index (κ3) is 7.42. The second-order valence-electron chi connectivity index (χ2n) is 6.70. The Morgan fingerprint density at radius 3 is 2.48 bits per heavy atom. The Morgan fingerprint density at radius 2 is 1.84 bits per heavy atom. The normalized spacial score (nSPS) is 17.2. The molecule has 2 rings (SSSR count). The maximum absolute atomic E-state index is 11.7. The monoisotopic (exact) mass is 349 g/mol. The van der Waals surface area contributed by atoms with Gasteiger partial charge in [-0.05, 0) is 25.5 Å². The first-order valence-electron chi connectivity index (χ1n) is 9.15. The topological polar surface area (TPSA) is 65.0 Å². The molecule has 25 heavy (non-hydrogen) atoms. The molecule has 6 nitrogen and oxygen atoms in total. The van der Waals surface area contributed by atoms with E-state index in [0.29, 0.717) is 19.7 Å². The van der Waals surface area contributed by atoms with E-state index in [2.05, 4.69) is 15.1 Å². The zero-order valence-corrected chi connectivity index (χ0v) is 15.4. The maximum Gasteiger partial charge on any atom is 0.234 e. The number of aliphatic hydroxyl groups is 1. The van der Waals surface area contributed by atoms with Gasteiger partial charge in [-0.1, -0.05) is 24.6 Å². The first-order valence-corrected chi connectivity index (χ1v) is 9.15. The summed E-state index contributed by atoms with van der Waals surface area (Å²) in [5.41, 5.74) is 1.19. The van der Waals surface area contributed by atoms with Gasteiger partial charge in [-0.3, -0.25) is 14.6 Å². The molecule has 140 valence electrons. The number of rotatable bonds is 9. The second kappa shape index (κ2) is 10.4. The highest BCUT2D eigenvalue weighted by atomic mass is 16.5. The van der Waals surface area contributed by atoms with Crippen LogP contribution in [-0.2, 0) is 4.79 Å². The van der Waals surface area contributed by atoms with Crippen molar-refractivity contribution in [2.75, 3.05) is 52.4 Å². The molecule has 1 unspecified atom stereocenters. The van der Waals surface area contributed by atoms with E-state index < -0.39 is 6.10 Å². The van der Waals surface area contributed by atoms with E-state index in [1.807, 2.05) is 38.1 Å². The number of piperazine rings is 1. The lowest BCUT2D eigenvalue weighted by atomic mass is 10.2. The van der Waals surface area contributed by atoms with Crippen LogP contribution in [0.1, 0.15) is 18.9 Å². The highest BCUT2D eigenvalue weighted by Gasteiger charge is 2.20. The van der Waals surface area contributed by atoms with Gasteiger partial charge in [-0.25, -0.2) is 0 Å². The van der Waals surface area contributed by atoms with Gasteiger partial charge < -0.3 is 15.2 Å². The number of hydrogen-bond acceptors (Lipinski definition) is 5. The van der Waals surface area contributed by atoms with Crippen LogP contribution in [0.2, 0.25) is 0 Å². The van der Waals surface area contributed by atoms with E-state index in [1.54, 1.807) is 0 Å².